The molecule has 17 heavy (non-hydrogen) atoms. The van der Waals surface area contributed by atoms with E-state index in [4.69, 9.17) is 4.74 Å². The minimum atomic E-state index is -4.30. The Kier molecular flexibility index (Phi) is 3.43. The first-order valence-electron chi connectivity index (χ1n) is 5.84. The first kappa shape index (κ1) is 12.4. The Bertz CT molecular complexity index is 386. The van der Waals surface area contributed by atoms with Gasteiger partial charge in [-0.1, -0.05) is 25.1 Å². The second kappa shape index (κ2) is 4.69. The zero-order valence-corrected chi connectivity index (χ0v) is 9.63. The van der Waals surface area contributed by atoms with E-state index < -0.39 is 17.8 Å². The van der Waals surface area contributed by atoms with Crippen molar-refractivity contribution in [2.75, 3.05) is 0 Å². The van der Waals surface area contributed by atoms with Crippen molar-refractivity contribution in [1.29, 1.82) is 0 Å². The predicted molar refractivity (Wildman–Crippen MR) is 58.6 cm³/mol. The summed E-state index contributed by atoms with van der Waals surface area (Å²) in [4.78, 5) is 0. The van der Waals surface area contributed by atoms with Gasteiger partial charge in [0.1, 0.15) is 0 Å². The van der Waals surface area contributed by atoms with E-state index in [1.54, 1.807) is 6.07 Å². The van der Waals surface area contributed by atoms with E-state index in [-0.39, 0.29) is 11.7 Å². The summed E-state index contributed by atoms with van der Waals surface area (Å²) in [5.41, 5.74) is -0.294. The molecule has 0 saturated carbocycles. The SMILES string of the molecule is CC[C@@H]1CC[C@H](c2ccccc2C(F)(F)F)O1. The quantitative estimate of drug-likeness (QED) is 0.752. The molecule has 0 unspecified atom stereocenters. The molecule has 4 heteroatoms. The van der Waals surface area contributed by atoms with Gasteiger partial charge in [0.15, 0.2) is 0 Å². The summed E-state index contributed by atoms with van der Waals surface area (Å²) < 4.78 is 44.1. The third kappa shape index (κ3) is 2.63. The first-order valence-corrected chi connectivity index (χ1v) is 5.84. The summed E-state index contributed by atoms with van der Waals surface area (Å²) in [7, 11) is 0. The van der Waals surface area contributed by atoms with E-state index in [1.165, 1.54) is 12.1 Å². The van der Waals surface area contributed by atoms with Crippen molar-refractivity contribution in [3.05, 3.63) is 35.4 Å². The summed E-state index contributed by atoms with van der Waals surface area (Å²) >= 11 is 0. The van der Waals surface area contributed by atoms with Crippen LogP contribution >= 0.6 is 0 Å². The number of hydrogen-bond donors (Lipinski definition) is 0. The number of hydrogen-bond acceptors (Lipinski definition) is 1. The fourth-order valence-corrected chi connectivity index (χ4v) is 2.27. The lowest BCUT2D eigenvalue weighted by Gasteiger charge is -2.18. The molecule has 0 spiro atoms. The zero-order valence-electron chi connectivity index (χ0n) is 9.63. The lowest BCUT2D eigenvalue weighted by atomic mass is 10.00. The zero-order chi connectivity index (χ0) is 12.5. The maximum atomic E-state index is 12.8. The molecule has 0 bridgehead atoms. The van der Waals surface area contributed by atoms with Gasteiger partial charge in [0.25, 0.3) is 0 Å². The van der Waals surface area contributed by atoms with Crippen LogP contribution < -0.4 is 0 Å². The van der Waals surface area contributed by atoms with Gasteiger partial charge >= 0.3 is 6.18 Å². The van der Waals surface area contributed by atoms with E-state index in [0.717, 1.165) is 18.9 Å². The molecular formula is C13H15F3O. The Hall–Kier alpha value is -1.03. The van der Waals surface area contributed by atoms with E-state index >= 15 is 0 Å². The van der Waals surface area contributed by atoms with E-state index in [2.05, 4.69) is 0 Å². The first-order chi connectivity index (χ1) is 8.02. The summed E-state index contributed by atoms with van der Waals surface area (Å²) in [5.74, 6) is 0. The molecule has 1 aromatic carbocycles. The predicted octanol–water partition coefficient (Wildman–Crippen LogP) is 4.34. The Morgan fingerprint density at radius 1 is 1.24 bits per heavy atom. The molecule has 1 saturated heterocycles. The number of benzene rings is 1. The van der Waals surface area contributed by atoms with Gasteiger partial charge in [0.2, 0.25) is 0 Å². The highest BCUT2D eigenvalue weighted by Gasteiger charge is 2.37. The molecule has 1 nitrogen and oxygen atoms in total. The van der Waals surface area contributed by atoms with Gasteiger partial charge in [-0.15, -0.1) is 0 Å². The van der Waals surface area contributed by atoms with Crippen LogP contribution in [0.4, 0.5) is 13.2 Å². The Balaban J connectivity index is 2.27. The number of rotatable bonds is 2. The minimum absolute atomic E-state index is 0.0984. The molecule has 94 valence electrons. The fraction of sp³-hybridized carbons (Fsp3) is 0.538. The van der Waals surface area contributed by atoms with E-state index in [9.17, 15) is 13.2 Å². The van der Waals surface area contributed by atoms with Crippen LogP contribution in [0.15, 0.2) is 24.3 Å². The smallest absolute Gasteiger partial charge is 0.370 e. The lowest BCUT2D eigenvalue weighted by Crippen LogP contribution is -2.12. The summed E-state index contributed by atoms with van der Waals surface area (Å²) in [6, 6.07) is 5.69. The molecule has 1 fully saturated rings. The van der Waals surface area contributed by atoms with Crippen molar-refractivity contribution < 1.29 is 17.9 Å². The van der Waals surface area contributed by atoms with Crippen molar-refractivity contribution in [3.8, 4) is 0 Å². The van der Waals surface area contributed by atoms with Gasteiger partial charge < -0.3 is 4.74 Å². The van der Waals surface area contributed by atoms with Crippen molar-refractivity contribution >= 4 is 0 Å². The summed E-state index contributed by atoms with van der Waals surface area (Å²) in [6.45, 7) is 1.99. The maximum absolute atomic E-state index is 12.8. The van der Waals surface area contributed by atoms with Crippen LogP contribution in [0.1, 0.15) is 43.4 Å². The second-order valence-electron chi connectivity index (χ2n) is 4.32. The van der Waals surface area contributed by atoms with Crippen LogP contribution in [0.3, 0.4) is 0 Å². The molecule has 0 radical (unpaired) electrons. The fourth-order valence-electron chi connectivity index (χ4n) is 2.27. The van der Waals surface area contributed by atoms with Crippen molar-refractivity contribution in [3.63, 3.8) is 0 Å². The molecule has 1 heterocycles. The molecule has 0 amide bonds. The average Bonchev–Trinajstić information content (AvgIpc) is 2.76. The molecule has 1 aliphatic rings. The summed E-state index contributed by atoms with van der Waals surface area (Å²) in [6.07, 6.45) is -2.24. The normalized spacial score (nSPS) is 25.2. The molecule has 1 aromatic rings. The standard InChI is InChI=1S/C13H15F3O/c1-2-9-7-8-12(17-9)10-5-3-4-6-11(10)13(14,15)16/h3-6,9,12H,2,7-8H2,1H3/t9-,12-/m1/s1. The third-order valence-corrected chi connectivity index (χ3v) is 3.18. The van der Waals surface area contributed by atoms with Crippen LogP contribution in [0, 0.1) is 0 Å². The molecule has 2 atom stereocenters. The lowest BCUT2D eigenvalue weighted by molar-refractivity contribution is -0.139. The van der Waals surface area contributed by atoms with Crippen LogP contribution in [0.5, 0.6) is 0 Å². The van der Waals surface area contributed by atoms with Gasteiger partial charge in [-0.3, -0.25) is 0 Å². The maximum Gasteiger partial charge on any atom is 0.416 e. The highest BCUT2D eigenvalue weighted by molar-refractivity contribution is 5.32. The Morgan fingerprint density at radius 2 is 1.94 bits per heavy atom. The molecule has 1 aliphatic heterocycles. The van der Waals surface area contributed by atoms with Crippen LogP contribution in [-0.4, -0.2) is 6.10 Å². The van der Waals surface area contributed by atoms with E-state index in [1.807, 2.05) is 6.92 Å². The van der Waals surface area contributed by atoms with Crippen LogP contribution in [0.25, 0.3) is 0 Å². The topological polar surface area (TPSA) is 9.23 Å². The Labute approximate surface area is 98.6 Å². The minimum Gasteiger partial charge on any atom is -0.370 e. The largest absolute Gasteiger partial charge is 0.416 e. The molecular weight excluding hydrogens is 229 g/mol. The van der Waals surface area contributed by atoms with Gasteiger partial charge in [-0.2, -0.15) is 13.2 Å². The van der Waals surface area contributed by atoms with Gasteiger partial charge in [0.05, 0.1) is 17.8 Å². The highest BCUT2D eigenvalue weighted by Crippen LogP contribution is 2.40. The second-order valence-corrected chi connectivity index (χ2v) is 4.32. The average molecular weight is 244 g/mol. The highest BCUT2D eigenvalue weighted by atomic mass is 19.4. The number of ether oxygens (including phenoxy) is 1. The summed E-state index contributed by atoms with van der Waals surface area (Å²) in [5, 5.41) is 0. The Morgan fingerprint density at radius 3 is 2.53 bits per heavy atom. The van der Waals surface area contributed by atoms with Crippen molar-refractivity contribution in [2.45, 2.75) is 44.6 Å². The molecule has 0 N–H and O–H groups in total. The molecule has 2 rings (SSSR count). The molecule has 0 aromatic heterocycles. The third-order valence-electron chi connectivity index (χ3n) is 3.18. The number of alkyl halides is 3. The molecule has 0 aliphatic carbocycles. The van der Waals surface area contributed by atoms with Crippen molar-refractivity contribution in [1.82, 2.24) is 0 Å². The van der Waals surface area contributed by atoms with Gasteiger partial charge in [-0.25, -0.2) is 0 Å². The monoisotopic (exact) mass is 244 g/mol. The van der Waals surface area contributed by atoms with E-state index in [0.29, 0.717) is 6.42 Å². The number of halogens is 3. The van der Waals surface area contributed by atoms with Gasteiger partial charge in [-0.05, 0) is 30.9 Å². The van der Waals surface area contributed by atoms with Gasteiger partial charge in [0, 0.05) is 0 Å². The van der Waals surface area contributed by atoms with Crippen LogP contribution in [-0.2, 0) is 10.9 Å². The van der Waals surface area contributed by atoms with Crippen LogP contribution in [0.2, 0.25) is 0 Å². The van der Waals surface area contributed by atoms with Crippen molar-refractivity contribution in [2.24, 2.45) is 0 Å².